The Kier molecular flexibility index (Phi) is 6.69. The molecule has 1 aromatic rings. The molecule has 0 aliphatic carbocycles. The first kappa shape index (κ1) is 17.8. The summed E-state index contributed by atoms with van der Waals surface area (Å²) in [5, 5.41) is 0. The average molecular weight is 305 g/mol. The van der Waals surface area contributed by atoms with Gasteiger partial charge in [0.25, 0.3) is 0 Å². The predicted octanol–water partition coefficient (Wildman–Crippen LogP) is 1.48. The molecule has 0 saturated heterocycles. The third-order valence-electron chi connectivity index (χ3n) is 2.95. The van der Waals surface area contributed by atoms with Crippen molar-refractivity contribution in [3.05, 3.63) is 29.8 Å². The van der Waals surface area contributed by atoms with E-state index in [1.165, 1.54) is 0 Å². The lowest BCUT2D eigenvalue weighted by Crippen LogP contribution is -2.23. The molecule has 0 heterocycles. The molecule has 0 fully saturated rings. The first-order valence-corrected chi connectivity index (χ1v) is 7.36. The van der Waals surface area contributed by atoms with Crippen LogP contribution in [0.4, 0.5) is 0 Å². The van der Waals surface area contributed by atoms with Gasteiger partial charge in [0.05, 0.1) is 19.7 Å². The summed E-state index contributed by atoms with van der Waals surface area (Å²) in [5.41, 5.74) is 17.5. The molecule has 1 rings (SSSR count). The minimum atomic E-state index is 0.0607. The van der Waals surface area contributed by atoms with E-state index < -0.39 is 0 Å². The number of amidine groups is 1. The van der Waals surface area contributed by atoms with Crippen molar-refractivity contribution in [2.24, 2.45) is 32.6 Å². The Labute approximate surface area is 132 Å². The van der Waals surface area contributed by atoms with Gasteiger partial charge in [-0.05, 0) is 36.1 Å². The Hall–Kier alpha value is -2.24. The minimum absolute atomic E-state index is 0.0607. The summed E-state index contributed by atoms with van der Waals surface area (Å²) in [6.45, 7) is 8.16. The van der Waals surface area contributed by atoms with Crippen molar-refractivity contribution >= 4 is 11.8 Å². The molecule has 0 amide bonds. The van der Waals surface area contributed by atoms with E-state index >= 15 is 0 Å². The normalized spacial score (nSPS) is 12.0. The Balaban J connectivity index is 2.49. The number of hydrogen-bond acceptors (Lipinski definition) is 3. The fourth-order valence-corrected chi connectivity index (χ4v) is 1.64. The highest BCUT2D eigenvalue weighted by Crippen LogP contribution is 2.19. The molecule has 0 unspecified atom stereocenters. The van der Waals surface area contributed by atoms with Crippen LogP contribution in [0.1, 0.15) is 32.8 Å². The Morgan fingerprint density at radius 3 is 2.14 bits per heavy atom. The summed E-state index contributed by atoms with van der Waals surface area (Å²) in [6.07, 6.45) is 1.00. The van der Waals surface area contributed by atoms with E-state index in [0.29, 0.717) is 25.5 Å². The van der Waals surface area contributed by atoms with Crippen molar-refractivity contribution in [2.45, 2.75) is 27.2 Å². The maximum absolute atomic E-state index is 5.92. The van der Waals surface area contributed by atoms with Gasteiger partial charge in [0.2, 0.25) is 0 Å². The molecule has 0 aromatic heterocycles. The van der Waals surface area contributed by atoms with Gasteiger partial charge in [-0.15, -0.1) is 0 Å². The van der Waals surface area contributed by atoms with Crippen molar-refractivity contribution in [1.29, 1.82) is 0 Å². The molecule has 122 valence electrons. The Morgan fingerprint density at radius 2 is 1.59 bits per heavy atom. The van der Waals surface area contributed by atoms with Crippen molar-refractivity contribution < 1.29 is 4.74 Å². The van der Waals surface area contributed by atoms with Gasteiger partial charge >= 0.3 is 0 Å². The van der Waals surface area contributed by atoms with E-state index in [0.717, 1.165) is 17.7 Å². The molecule has 0 spiro atoms. The summed E-state index contributed by atoms with van der Waals surface area (Å²) >= 11 is 0. The zero-order chi connectivity index (χ0) is 16.6. The van der Waals surface area contributed by atoms with Crippen LogP contribution in [0.2, 0.25) is 0 Å². The van der Waals surface area contributed by atoms with E-state index in [4.69, 9.17) is 21.9 Å². The van der Waals surface area contributed by atoms with E-state index in [1.54, 1.807) is 0 Å². The lowest BCUT2D eigenvalue weighted by molar-refractivity contribution is 0.243. The quantitative estimate of drug-likeness (QED) is 0.402. The van der Waals surface area contributed by atoms with Gasteiger partial charge in [0.1, 0.15) is 11.6 Å². The number of guanidine groups is 1. The fourth-order valence-electron chi connectivity index (χ4n) is 1.64. The van der Waals surface area contributed by atoms with Gasteiger partial charge in [0, 0.05) is 5.56 Å². The smallest absolute Gasteiger partial charge is 0.185 e. The topological polar surface area (TPSA) is 112 Å². The molecule has 0 bridgehead atoms. The predicted molar refractivity (Wildman–Crippen MR) is 92.3 cm³/mol. The molecular weight excluding hydrogens is 278 g/mol. The van der Waals surface area contributed by atoms with Gasteiger partial charge in [-0.25, -0.2) is 0 Å². The molecule has 0 atom stereocenters. The molecule has 1 aromatic carbocycles. The highest BCUT2D eigenvalue weighted by Gasteiger charge is 2.09. The highest BCUT2D eigenvalue weighted by atomic mass is 16.5. The Bertz CT molecular complexity index is 510. The maximum atomic E-state index is 5.92. The number of benzene rings is 1. The van der Waals surface area contributed by atoms with Gasteiger partial charge in [0.15, 0.2) is 5.96 Å². The van der Waals surface area contributed by atoms with Crippen LogP contribution in [0.5, 0.6) is 5.75 Å². The van der Waals surface area contributed by atoms with Crippen LogP contribution in [0.15, 0.2) is 34.3 Å². The number of aliphatic imine (C=N–C) groups is 2. The molecule has 0 radical (unpaired) electrons. The molecule has 6 N–H and O–H groups in total. The molecule has 6 nitrogen and oxygen atoms in total. The maximum Gasteiger partial charge on any atom is 0.185 e. The molecule has 0 aliphatic rings. The zero-order valence-electron chi connectivity index (χ0n) is 13.7. The highest BCUT2D eigenvalue weighted by molar-refractivity contribution is 5.97. The van der Waals surface area contributed by atoms with Crippen LogP contribution >= 0.6 is 0 Å². The second-order valence-electron chi connectivity index (χ2n) is 6.26. The van der Waals surface area contributed by atoms with Crippen LogP contribution < -0.4 is 21.9 Å². The van der Waals surface area contributed by atoms with Gasteiger partial charge in [-0.2, -0.15) is 0 Å². The minimum Gasteiger partial charge on any atom is -0.494 e. The van der Waals surface area contributed by atoms with E-state index in [-0.39, 0.29) is 11.4 Å². The van der Waals surface area contributed by atoms with Crippen LogP contribution in [-0.4, -0.2) is 31.5 Å². The third kappa shape index (κ3) is 7.52. The SMILES string of the molecule is CC(C)(C)CCOc1ccc(C(N)=NCCN=C(N)N)cc1. The summed E-state index contributed by atoms with van der Waals surface area (Å²) in [6, 6.07) is 7.59. The number of hydrogen-bond donors (Lipinski definition) is 3. The number of nitrogens with two attached hydrogens (primary N) is 3. The molecule has 22 heavy (non-hydrogen) atoms. The lowest BCUT2D eigenvalue weighted by Gasteiger charge is -2.18. The van der Waals surface area contributed by atoms with Crippen molar-refractivity contribution in [3.8, 4) is 5.75 Å². The van der Waals surface area contributed by atoms with E-state index in [9.17, 15) is 0 Å². The van der Waals surface area contributed by atoms with Crippen LogP contribution in [0.3, 0.4) is 0 Å². The molecule has 6 heteroatoms. The van der Waals surface area contributed by atoms with Crippen LogP contribution in [0.25, 0.3) is 0 Å². The van der Waals surface area contributed by atoms with Gasteiger partial charge in [-0.3, -0.25) is 9.98 Å². The van der Waals surface area contributed by atoms with E-state index in [1.807, 2.05) is 24.3 Å². The summed E-state index contributed by atoms with van der Waals surface area (Å²) in [5.74, 6) is 1.36. The van der Waals surface area contributed by atoms with E-state index in [2.05, 4.69) is 30.8 Å². The summed E-state index contributed by atoms with van der Waals surface area (Å²) < 4.78 is 5.72. The zero-order valence-corrected chi connectivity index (χ0v) is 13.7. The molecule has 0 saturated carbocycles. The average Bonchev–Trinajstić information content (AvgIpc) is 2.42. The monoisotopic (exact) mass is 305 g/mol. The number of rotatable bonds is 7. The Morgan fingerprint density at radius 1 is 1.00 bits per heavy atom. The lowest BCUT2D eigenvalue weighted by atomic mass is 9.93. The fraction of sp³-hybridized carbons (Fsp3) is 0.500. The first-order valence-electron chi connectivity index (χ1n) is 7.36. The largest absolute Gasteiger partial charge is 0.494 e. The summed E-state index contributed by atoms with van der Waals surface area (Å²) in [7, 11) is 0. The van der Waals surface area contributed by atoms with Gasteiger partial charge in [-0.1, -0.05) is 20.8 Å². The standard InChI is InChI=1S/C16H27N5O/c1-16(2,3)8-11-22-13-6-4-12(5-7-13)14(17)20-9-10-21-15(18)19/h4-7H,8-11H2,1-3H3,(H2,17,20)(H4,18,19,21). The molecule has 0 aliphatic heterocycles. The van der Waals surface area contributed by atoms with Crippen LogP contribution in [0, 0.1) is 5.41 Å². The number of ether oxygens (including phenoxy) is 1. The van der Waals surface area contributed by atoms with Crippen molar-refractivity contribution in [2.75, 3.05) is 19.7 Å². The van der Waals surface area contributed by atoms with Crippen molar-refractivity contribution in [1.82, 2.24) is 0 Å². The van der Waals surface area contributed by atoms with Crippen molar-refractivity contribution in [3.63, 3.8) is 0 Å². The molecular formula is C16H27N5O. The van der Waals surface area contributed by atoms with Crippen LogP contribution in [-0.2, 0) is 0 Å². The summed E-state index contributed by atoms with van der Waals surface area (Å²) in [4.78, 5) is 8.07. The van der Waals surface area contributed by atoms with Gasteiger partial charge < -0.3 is 21.9 Å². The first-order chi connectivity index (χ1) is 10.3. The second kappa shape index (κ2) is 8.26. The third-order valence-corrected chi connectivity index (χ3v) is 2.95. The number of nitrogens with zero attached hydrogens (tertiary/aromatic N) is 2. The second-order valence-corrected chi connectivity index (χ2v) is 6.26.